The van der Waals surface area contributed by atoms with Gasteiger partial charge in [-0.1, -0.05) is 19.3 Å². The third-order valence-electron chi connectivity index (χ3n) is 5.79. The highest BCUT2D eigenvalue weighted by Crippen LogP contribution is 2.26. The van der Waals surface area contributed by atoms with Gasteiger partial charge in [0.1, 0.15) is 11.7 Å². The molecule has 0 radical (unpaired) electrons. The number of anilines is 1. The summed E-state index contributed by atoms with van der Waals surface area (Å²) in [5, 5.41) is 14.7. The van der Waals surface area contributed by atoms with Crippen LogP contribution in [0, 0.1) is 12.3 Å². The Kier molecular flexibility index (Phi) is 7.02. The van der Waals surface area contributed by atoms with Crippen LogP contribution in [0.5, 0.6) is 0 Å². The highest BCUT2D eigenvalue weighted by Gasteiger charge is 2.32. The third-order valence-corrected chi connectivity index (χ3v) is 5.79. The maximum absolute atomic E-state index is 11.4. The molecule has 1 aromatic rings. The number of aryl methyl sites for hydroxylation is 1. The lowest BCUT2D eigenvalue weighted by molar-refractivity contribution is -0.117. The zero-order valence-corrected chi connectivity index (χ0v) is 17.3. The number of nitrogens with one attached hydrogen (secondary N) is 3. The first-order chi connectivity index (χ1) is 13.5. The van der Waals surface area contributed by atoms with E-state index in [0.29, 0.717) is 17.6 Å². The standard InChI is InChI=1S/C21H33N5O2/c1-14-11-17(20(22)24-15(2)27)21(23-12-14)26-10-9-18(19(13-26)28-3)25-16-7-5-4-6-8-16/h11-12,16,18-19,25H,4-10,13H2,1-3H3,(H2,22,24,27)/t18-,19+/m0/s1. The zero-order chi connectivity index (χ0) is 20.1. The minimum absolute atomic E-state index is 0.0709. The first-order valence-electron chi connectivity index (χ1n) is 10.3. The number of carbonyl (C=O) groups excluding carboxylic acids is 1. The van der Waals surface area contributed by atoms with Crippen molar-refractivity contribution in [1.82, 2.24) is 15.6 Å². The summed E-state index contributed by atoms with van der Waals surface area (Å²) in [4.78, 5) is 18.2. The van der Waals surface area contributed by atoms with Crippen LogP contribution in [0.15, 0.2) is 12.3 Å². The summed E-state index contributed by atoms with van der Waals surface area (Å²) >= 11 is 0. The van der Waals surface area contributed by atoms with Gasteiger partial charge in [-0.2, -0.15) is 0 Å². The Morgan fingerprint density at radius 1 is 1.29 bits per heavy atom. The van der Waals surface area contributed by atoms with Gasteiger partial charge >= 0.3 is 0 Å². The van der Waals surface area contributed by atoms with Gasteiger partial charge in [0.2, 0.25) is 5.91 Å². The summed E-state index contributed by atoms with van der Waals surface area (Å²) in [6.07, 6.45) is 9.36. The average molecular weight is 388 g/mol. The molecule has 1 aromatic heterocycles. The molecule has 7 heteroatoms. The van der Waals surface area contributed by atoms with E-state index >= 15 is 0 Å². The third kappa shape index (κ3) is 5.08. The van der Waals surface area contributed by atoms with Crippen LogP contribution < -0.4 is 15.5 Å². The highest BCUT2D eigenvalue weighted by atomic mass is 16.5. The van der Waals surface area contributed by atoms with Crippen molar-refractivity contribution < 1.29 is 9.53 Å². The number of hydrogen-bond acceptors (Lipinski definition) is 6. The van der Waals surface area contributed by atoms with Crippen LogP contribution in [0.1, 0.15) is 56.6 Å². The Morgan fingerprint density at radius 2 is 2.04 bits per heavy atom. The van der Waals surface area contributed by atoms with Crippen LogP contribution in [0.4, 0.5) is 5.82 Å². The first-order valence-corrected chi connectivity index (χ1v) is 10.3. The smallest absolute Gasteiger partial charge is 0.222 e. The predicted octanol–water partition coefficient (Wildman–Crippen LogP) is 2.37. The second-order valence-electron chi connectivity index (χ2n) is 8.06. The van der Waals surface area contributed by atoms with Gasteiger partial charge in [-0.05, 0) is 37.8 Å². The fraction of sp³-hybridized carbons (Fsp3) is 0.667. The Labute approximate surface area is 167 Å². The molecular weight excluding hydrogens is 354 g/mol. The van der Waals surface area contributed by atoms with Crippen molar-refractivity contribution in [3.05, 3.63) is 23.4 Å². The van der Waals surface area contributed by atoms with Gasteiger partial charge in [0.25, 0.3) is 0 Å². The second kappa shape index (κ2) is 9.47. The Hall–Kier alpha value is -1.99. The summed E-state index contributed by atoms with van der Waals surface area (Å²) in [6, 6.07) is 2.85. The normalized spacial score (nSPS) is 23.5. The number of ether oxygens (including phenoxy) is 1. The SMILES string of the molecule is CO[C@@H]1CN(c2ncc(C)cc2C(=N)NC(C)=O)CC[C@@H]1NC1CCCCC1. The molecule has 28 heavy (non-hydrogen) atoms. The minimum Gasteiger partial charge on any atom is -0.378 e. The van der Waals surface area contributed by atoms with Crippen LogP contribution >= 0.6 is 0 Å². The summed E-state index contributed by atoms with van der Waals surface area (Å²) in [6.45, 7) is 4.93. The van der Waals surface area contributed by atoms with E-state index in [1.807, 2.05) is 19.2 Å². The maximum atomic E-state index is 11.4. The Morgan fingerprint density at radius 3 is 2.71 bits per heavy atom. The molecule has 0 spiro atoms. The molecule has 1 aliphatic heterocycles. The second-order valence-corrected chi connectivity index (χ2v) is 8.06. The van der Waals surface area contributed by atoms with Gasteiger partial charge in [0, 0.05) is 45.4 Å². The molecule has 0 aromatic carbocycles. The number of aromatic nitrogens is 1. The van der Waals surface area contributed by atoms with Gasteiger partial charge in [-0.25, -0.2) is 4.98 Å². The van der Waals surface area contributed by atoms with Gasteiger partial charge in [0.15, 0.2) is 0 Å². The topological polar surface area (TPSA) is 90.3 Å². The Balaban J connectivity index is 1.73. The largest absolute Gasteiger partial charge is 0.378 e. The van der Waals surface area contributed by atoms with E-state index in [1.54, 1.807) is 7.11 Å². The van der Waals surface area contributed by atoms with Crippen molar-refractivity contribution >= 4 is 17.6 Å². The number of amides is 1. The Bertz CT molecular complexity index is 702. The zero-order valence-electron chi connectivity index (χ0n) is 17.3. The number of amidine groups is 1. The number of pyridine rings is 1. The van der Waals surface area contributed by atoms with Crippen LogP contribution in [0.3, 0.4) is 0 Å². The molecule has 154 valence electrons. The molecule has 7 nitrogen and oxygen atoms in total. The maximum Gasteiger partial charge on any atom is 0.222 e. The van der Waals surface area contributed by atoms with Gasteiger partial charge in [-0.15, -0.1) is 0 Å². The van der Waals surface area contributed by atoms with Crippen molar-refractivity contribution in [2.75, 3.05) is 25.1 Å². The summed E-state index contributed by atoms with van der Waals surface area (Å²) in [7, 11) is 1.77. The first kappa shape index (κ1) is 20.7. The fourth-order valence-electron chi connectivity index (χ4n) is 4.35. The average Bonchev–Trinajstić information content (AvgIpc) is 2.68. The molecule has 0 bridgehead atoms. The van der Waals surface area contributed by atoms with Gasteiger partial charge in [-0.3, -0.25) is 10.2 Å². The van der Waals surface area contributed by atoms with Crippen LogP contribution in [0.2, 0.25) is 0 Å². The van der Waals surface area contributed by atoms with E-state index in [0.717, 1.165) is 30.9 Å². The van der Waals surface area contributed by atoms with E-state index in [4.69, 9.17) is 10.1 Å². The van der Waals surface area contributed by atoms with Crippen LogP contribution in [-0.4, -0.2) is 55.1 Å². The van der Waals surface area contributed by atoms with Crippen molar-refractivity contribution in [2.45, 2.75) is 70.6 Å². The number of rotatable bonds is 5. The molecule has 3 N–H and O–H groups in total. The number of nitrogens with zero attached hydrogens (tertiary/aromatic N) is 2. The number of hydrogen-bond donors (Lipinski definition) is 3. The van der Waals surface area contributed by atoms with E-state index in [1.165, 1.54) is 39.0 Å². The molecule has 0 unspecified atom stereocenters. The molecule has 2 aliphatic rings. The molecule has 2 fully saturated rings. The molecule has 1 aliphatic carbocycles. The number of methoxy groups -OCH3 is 1. The lowest BCUT2D eigenvalue weighted by Crippen LogP contribution is -2.56. The summed E-state index contributed by atoms with van der Waals surface area (Å²) in [5.41, 5.74) is 1.62. The van der Waals surface area contributed by atoms with E-state index in [2.05, 4.69) is 20.5 Å². The molecule has 3 rings (SSSR count). The van der Waals surface area contributed by atoms with Crippen molar-refractivity contribution in [1.29, 1.82) is 5.41 Å². The lowest BCUT2D eigenvalue weighted by atomic mass is 9.92. The monoisotopic (exact) mass is 387 g/mol. The molecule has 1 amide bonds. The highest BCUT2D eigenvalue weighted by molar-refractivity contribution is 6.08. The van der Waals surface area contributed by atoms with Crippen LogP contribution in [0.25, 0.3) is 0 Å². The van der Waals surface area contributed by atoms with Crippen molar-refractivity contribution in [3.8, 4) is 0 Å². The molecule has 2 atom stereocenters. The molecule has 1 saturated heterocycles. The summed E-state index contributed by atoms with van der Waals surface area (Å²) in [5.74, 6) is 0.584. The van der Waals surface area contributed by atoms with Gasteiger partial charge < -0.3 is 20.3 Å². The lowest BCUT2D eigenvalue weighted by Gasteiger charge is -2.41. The van der Waals surface area contributed by atoms with Crippen molar-refractivity contribution in [3.63, 3.8) is 0 Å². The van der Waals surface area contributed by atoms with E-state index in [9.17, 15) is 4.79 Å². The molecule has 1 saturated carbocycles. The quantitative estimate of drug-likeness (QED) is 0.533. The minimum atomic E-state index is -0.248. The number of piperidine rings is 1. The molecule has 2 heterocycles. The van der Waals surface area contributed by atoms with Gasteiger partial charge in [0.05, 0.1) is 11.7 Å². The fourth-order valence-corrected chi connectivity index (χ4v) is 4.35. The van der Waals surface area contributed by atoms with E-state index < -0.39 is 0 Å². The van der Waals surface area contributed by atoms with Crippen LogP contribution in [-0.2, 0) is 9.53 Å². The van der Waals surface area contributed by atoms with Crippen molar-refractivity contribution in [2.24, 2.45) is 0 Å². The summed E-state index contributed by atoms with van der Waals surface area (Å²) < 4.78 is 5.83. The number of carbonyl (C=O) groups is 1. The molecular formula is C21H33N5O2. The van der Waals surface area contributed by atoms with E-state index in [-0.39, 0.29) is 17.8 Å². The predicted molar refractivity (Wildman–Crippen MR) is 111 cm³/mol.